The van der Waals surface area contributed by atoms with Crippen LogP contribution in [0.4, 0.5) is 0 Å². The molecule has 0 aliphatic carbocycles. The average Bonchev–Trinajstić information content (AvgIpc) is 3.01. The monoisotopic (exact) mass is 334 g/mol. The second kappa shape index (κ2) is 7.50. The summed E-state index contributed by atoms with van der Waals surface area (Å²) in [5.74, 6) is 1.04. The highest BCUT2D eigenvalue weighted by atomic mass is 32.2. The van der Waals surface area contributed by atoms with Crippen molar-refractivity contribution in [2.45, 2.75) is 37.9 Å². The smallest absolute Gasteiger partial charge is 0.230 e. The van der Waals surface area contributed by atoms with Gasteiger partial charge in [-0.25, -0.2) is 0 Å². The number of benzene rings is 1. The fraction of sp³-hybridized carbons (Fsp3) is 0.438. The van der Waals surface area contributed by atoms with Crippen LogP contribution < -0.4 is 10.1 Å². The Kier molecular flexibility index (Phi) is 5.65. The van der Waals surface area contributed by atoms with E-state index in [2.05, 4.69) is 15.5 Å². The standard InChI is InChI=1S/C16H22N4O2S/c1-5-16(2,3)18-14(21)10-23-15-19-17-11-20(15)12-7-6-8-13(9-12)22-4/h6-9,11H,5,10H2,1-4H3,(H,18,21). The normalized spacial score (nSPS) is 11.3. The summed E-state index contributed by atoms with van der Waals surface area (Å²) in [7, 11) is 1.63. The van der Waals surface area contributed by atoms with Gasteiger partial charge in [-0.1, -0.05) is 24.8 Å². The molecule has 0 spiro atoms. The molecule has 0 fully saturated rings. The maximum absolute atomic E-state index is 12.1. The van der Waals surface area contributed by atoms with Crippen molar-refractivity contribution in [3.8, 4) is 11.4 Å². The predicted molar refractivity (Wildman–Crippen MR) is 91.1 cm³/mol. The van der Waals surface area contributed by atoms with Gasteiger partial charge in [-0.2, -0.15) is 0 Å². The van der Waals surface area contributed by atoms with Gasteiger partial charge in [0.25, 0.3) is 0 Å². The number of aromatic nitrogens is 3. The van der Waals surface area contributed by atoms with Gasteiger partial charge in [0, 0.05) is 11.6 Å². The van der Waals surface area contributed by atoms with Gasteiger partial charge in [0.05, 0.1) is 18.6 Å². The Bertz CT molecular complexity index is 670. The molecular weight excluding hydrogens is 312 g/mol. The lowest BCUT2D eigenvalue weighted by molar-refractivity contribution is -0.120. The Morgan fingerprint density at radius 2 is 2.22 bits per heavy atom. The van der Waals surface area contributed by atoms with Gasteiger partial charge < -0.3 is 10.1 Å². The summed E-state index contributed by atoms with van der Waals surface area (Å²) in [5.41, 5.74) is 0.698. The minimum atomic E-state index is -0.196. The lowest BCUT2D eigenvalue weighted by atomic mass is 10.0. The number of carbonyl (C=O) groups is 1. The summed E-state index contributed by atoms with van der Waals surface area (Å²) in [6, 6.07) is 7.62. The third-order valence-electron chi connectivity index (χ3n) is 3.54. The van der Waals surface area contributed by atoms with Gasteiger partial charge in [0.15, 0.2) is 5.16 Å². The molecule has 1 heterocycles. The molecule has 0 radical (unpaired) electrons. The van der Waals surface area contributed by atoms with Crippen molar-refractivity contribution in [2.24, 2.45) is 0 Å². The van der Waals surface area contributed by atoms with E-state index in [0.29, 0.717) is 10.9 Å². The quantitative estimate of drug-likeness (QED) is 0.789. The van der Waals surface area contributed by atoms with E-state index in [4.69, 9.17) is 4.74 Å². The Morgan fingerprint density at radius 1 is 1.43 bits per heavy atom. The van der Waals surface area contributed by atoms with Crippen molar-refractivity contribution in [1.29, 1.82) is 0 Å². The lowest BCUT2D eigenvalue weighted by Gasteiger charge is -2.24. The van der Waals surface area contributed by atoms with Gasteiger partial charge >= 0.3 is 0 Å². The highest BCUT2D eigenvalue weighted by molar-refractivity contribution is 7.99. The van der Waals surface area contributed by atoms with Gasteiger partial charge in [0.1, 0.15) is 12.1 Å². The third-order valence-corrected chi connectivity index (χ3v) is 4.49. The maximum Gasteiger partial charge on any atom is 0.230 e. The molecule has 1 amide bonds. The molecule has 2 aromatic rings. The van der Waals surface area contributed by atoms with Crippen LogP contribution in [0, 0.1) is 0 Å². The van der Waals surface area contributed by atoms with Crippen LogP contribution in [0.1, 0.15) is 27.2 Å². The molecule has 0 aliphatic heterocycles. The van der Waals surface area contributed by atoms with Gasteiger partial charge in [-0.3, -0.25) is 9.36 Å². The first-order valence-corrected chi connectivity index (χ1v) is 8.42. The Balaban J connectivity index is 2.05. The number of nitrogens with one attached hydrogen (secondary N) is 1. The first-order chi connectivity index (χ1) is 10.9. The van der Waals surface area contributed by atoms with Crippen molar-refractivity contribution in [2.75, 3.05) is 12.9 Å². The molecule has 0 saturated carbocycles. The van der Waals surface area contributed by atoms with Gasteiger partial charge in [-0.05, 0) is 32.4 Å². The van der Waals surface area contributed by atoms with E-state index < -0.39 is 0 Å². The summed E-state index contributed by atoms with van der Waals surface area (Å²) >= 11 is 1.36. The Hall–Kier alpha value is -2.02. The fourth-order valence-corrected chi connectivity index (χ4v) is 2.62. The number of ether oxygens (including phenoxy) is 1. The summed E-state index contributed by atoms with van der Waals surface area (Å²) in [6.45, 7) is 6.06. The number of amides is 1. The molecule has 0 bridgehead atoms. The molecule has 124 valence electrons. The average molecular weight is 334 g/mol. The molecule has 1 aromatic carbocycles. The number of methoxy groups -OCH3 is 1. The van der Waals surface area contributed by atoms with Crippen molar-refractivity contribution < 1.29 is 9.53 Å². The van der Waals surface area contributed by atoms with Crippen LogP contribution in [-0.2, 0) is 4.79 Å². The number of carbonyl (C=O) groups excluding carboxylic acids is 1. The van der Waals surface area contributed by atoms with Crippen LogP contribution in [0.15, 0.2) is 35.7 Å². The minimum Gasteiger partial charge on any atom is -0.497 e. The minimum absolute atomic E-state index is 0.0120. The van der Waals surface area contributed by atoms with Crippen molar-refractivity contribution in [3.63, 3.8) is 0 Å². The highest BCUT2D eigenvalue weighted by Gasteiger charge is 2.18. The van der Waals surface area contributed by atoms with Crippen LogP contribution in [0.5, 0.6) is 5.75 Å². The van der Waals surface area contributed by atoms with Gasteiger partial charge in [-0.15, -0.1) is 10.2 Å². The Morgan fingerprint density at radius 3 is 2.91 bits per heavy atom. The van der Waals surface area contributed by atoms with E-state index in [1.54, 1.807) is 13.4 Å². The zero-order valence-corrected chi connectivity index (χ0v) is 14.7. The molecule has 0 aliphatic rings. The van der Waals surface area contributed by atoms with Crippen molar-refractivity contribution in [3.05, 3.63) is 30.6 Å². The molecule has 7 heteroatoms. The molecule has 0 saturated heterocycles. The second-order valence-electron chi connectivity index (χ2n) is 5.76. The summed E-state index contributed by atoms with van der Waals surface area (Å²) in [6.07, 6.45) is 2.51. The van der Waals surface area contributed by atoms with Gasteiger partial charge in [0.2, 0.25) is 5.91 Å². The van der Waals surface area contributed by atoms with E-state index in [-0.39, 0.29) is 11.4 Å². The molecule has 2 rings (SSSR count). The number of hydrogen-bond acceptors (Lipinski definition) is 5. The SMILES string of the molecule is CCC(C)(C)NC(=O)CSc1nncn1-c1cccc(OC)c1. The van der Waals surface area contributed by atoms with Crippen molar-refractivity contribution >= 4 is 17.7 Å². The molecule has 0 atom stereocenters. The van der Waals surface area contributed by atoms with E-state index in [0.717, 1.165) is 17.9 Å². The van der Waals surface area contributed by atoms with E-state index >= 15 is 0 Å². The van der Waals surface area contributed by atoms with Crippen LogP contribution in [0.2, 0.25) is 0 Å². The molecule has 0 unspecified atom stereocenters. The summed E-state index contributed by atoms with van der Waals surface area (Å²) < 4.78 is 7.07. The van der Waals surface area contributed by atoms with Crippen LogP contribution in [0.25, 0.3) is 5.69 Å². The van der Waals surface area contributed by atoms with E-state index in [1.165, 1.54) is 11.8 Å². The zero-order chi connectivity index (χ0) is 16.9. The second-order valence-corrected chi connectivity index (χ2v) is 6.70. The Labute approximate surface area is 140 Å². The fourth-order valence-electron chi connectivity index (χ4n) is 1.89. The molecule has 1 N–H and O–H groups in total. The number of rotatable bonds is 7. The highest BCUT2D eigenvalue weighted by Crippen LogP contribution is 2.22. The van der Waals surface area contributed by atoms with E-state index in [9.17, 15) is 4.79 Å². The molecule has 23 heavy (non-hydrogen) atoms. The topological polar surface area (TPSA) is 69.0 Å². The van der Waals surface area contributed by atoms with E-state index in [1.807, 2.05) is 49.6 Å². The first-order valence-electron chi connectivity index (χ1n) is 7.43. The number of hydrogen-bond donors (Lipinski definition) is 1. The zero-order valence-electron chi connectivity index (χ0n) is 13.9. The molecule has 1 aromatic heterocycles. The summed E-state index contributed by atoms with van der Waals surface area (Å²) in [4.78, 5) is 12.1. The molecular formula is C16H22N4O2S. The maximum atomic E-state index is 12.1. The lowest BCUT2D eigenvalue weighted by Crippen LogP contribution is -2.43. The van der Waals surface area contributed by atoms with Crippen LogP contribution >= 0.6 is 11.8 Å². The number of thioether (sulfide) groups is 1. The predicted octanol–water partition coefficient (Wildman–Crippen LogP) is 2.67. The largest absolute Gasteiger partial charge is 0.497 e. The third kappa shape index (κ3) is 4.72. The van der Waals surface area contributed by atoms with Crippen LogP contribution in [0.3, 0.4) is 0 Å². The number of nitrogens with zero attached hydrogens (tertiary/aromatic N) is 3. The van der Waals surface area contributed by atoms with Crippen LogP contribution in [-0.4, -0.2) is 39.1 Å². The molecule has 6 nitrogen and oxygen atoms in total. The van der Waals surface area contributed by atoms with Crippen molar-refractivity contribution in [1.82, 2.24) is 20.1 Å². The first kappa shape index (κ1) is 17.3. The summed E-state index contributed by atoms with van der Waals surface area (Å²) in [5, 5.41) is 11.7.